The van der Waals surface area contributed by atoms with Crippen molar-refractivity contribution >= 4 is 10.0 Å². The van der Waals surface area contributed by atoms with E-state index in [9.17, 15) is 21.6 Å². The lowest BCUT2D eigenvalue weighted by Crippen LogP contribution is -2.32. The van der Waals surface area contributed by atoms with Crippen molar-refractivity contribution in [3.8, 4) is 0 Å². The zero-order valence-electron chi connectivity index (χ0n) is 9.14. The van der Waals surface area contributed by atoms with Gasteiger partial charge in [0.1, 0.15) is 6.26 Å². The summed E-state index contributed by atoms with van der Waals surface area (Å²) in [6.45, 7) is 0. The molecule has 102 valence electrons. The highest BCUT2D eigenvalue weighted by Crippen LogP contribution is 2.44. The SMILES string of the molecule is O=S(=O)(CCc1cnoc1)N[C@H]1C[C@H]1C(F)(F)F. The van der Waals surface area contributed by atoms with Gasteiger partial charge in [0.15, 0.2) is 0 Å². The van der Waals surface area contributed by atoms with Crippen LogP contribution in [0.15, 0.2) is 17.0 Å². The molecule has 0 amide bonds. The maximum atomic E-state index is 12.2. The normalized spacial score (nSPS) is 24.2. The minimum Gasteiger partial charge on any atom is -0.364 e. The van der Waals surface area contributed by atoms with Crippen LogP contribution >= 0.6 is 0 Å². The highest BCUT2D eigenvalue weighted by molar-refractivity contribution is 7.89. The van der Waals surface area contributed by atoms with Gasteiger partial charge >= 0.3 is 6.18 Å². The second kappa shape index (κ2) is 4.54. The fraction of sp³-hybridized carbons (Fsp3) is 0.667. The summed E-state index contributed by atoms with van der Waals surface area (Å²) in [7, 11) is -3.71. The molecule has 9 heteroatoms. The van der Waals surface area contributed by atoms with Crippen molar-refractivity contribution in [1.29, 1.82) is 0 Å². The quantitative estimate of drug-likeness (QED) is 0.878. The molecule has 0 radical (unpaired) electrons. The maximum Gasteiger partial charge on any atom is 0.393 e. The fourth-order valence-corrected chi connectivity index (χ4v) is 2.92. The van der Waals surface area contributed by atoms with E-state index in [1.54, 1.807) is 0 Å². The monoisotopic (exact) mass is 284 g/mol. The van der Waals surface area contributed by atoms with E-state index in [0.717, 1.165) is 0 Å². The first-order chi connectivity index (χ1) is 8.28. The third-order valence-electron chi connectivity index (χ3n) is 2.68. The van der Waals surface area contributed by atoms with Crippen molar-refractivity contribution in [3.05, 3.63) is 18.0 Å². The van der Waals surface area contributed by atoms with E-state index < -0.39 is 28.2 Å². The highest BCUT2D eigenvalue weighted by atomic mass is 32.2. The molecular weight excluding hydrogens is 273 g/mol. The number of halogens is 3. The number of aromatic nitrogens is 1. The Kier molecular flexibility index (Phi) is 3.37. The molecule has 18 heavy (non-hydrogen) atoms. The molecule has 0 saturated heterocycles. The van der Waals surface area contributed by atoms with Gasteiger partial charge in [0.2, 0.25) is 10.0 Å². The van der Waals surface area contributed by atoms with Crippen LogP contribution in [0.2, 0.25) is 0 Å². The molecule has 1 saturated carbocycles. The summed E-state index contributed by atoms with van der Waals surface area (Å²) >= 11 is 0. The topological polar surface area (TPSA) is 72.2 Å². The minimum absolute atomic E-state index is 0.155. The molecule has 0 spiro atoms. The van der Waals surface area contributed by atoms with Crippen LogP contribution in [0, 0.1) is 5.92 Å². The molecule has 0 unspecified atom stereocenters. The molecule has 5 nitrogen and oxygen atoms in total. The second-order valence-electron chi connectivity index (χ2n) is 4.21. The first-order valence-corrected chi connectivity index (χ1v) is 6.88. The molecule has 1 N–H and O–H groups in total. The van der Waals surface area contributed by atoms with Crippen molar-refractivity contribution in [3.63, 3.8) is 0 Å². The molecule has 1 aromatic rings. The molecule has 0 aliphatic heterocycles. The zero-order valence-corrected chi connectivity index (χ0v) is 9.96. The lowest BCUT2D eigenvalue weighted by molar-refractivity contribution is -0.148. The number of hydrogen-bond donors (Lipinski definition) is 1. The van der Waals surface area contributed by atoms with Gasteiger partial charge in [0.05, 0.1) is 17.9 Å². The van der Waals surface area contributed by atoms with Gasteiger partial charge in [-0.25, -0.2) is 13.1 Å². The van der Waals surface area contributed by atoms with Crippen LogP contribution < -0.4 is 4.72 Å². The van der Waals surface area contributed by atoms with E-state index in [1.807, 2.05) is 0 Å². The fourth-order valence-electron chi connectivity index (χ4n) is 1.58. The van der Waals surface area contributed by atoms with Crippen molar-refractivity contribution in [1.82, 2.24) is 9.88 Å². The summed E-state index contributed by atoms with van der Waals surface area (Å²) < 4.78 is 66.3. The standard InChI is InChI=1S/C9H11F3N2O3S/c10-9(11,12)7-3-8(7)14-18(15,16)2-1-6-4-13-17-5-6/h4-5,7-8,14H,1-3H2/t7-,8+/m1/s1. The lowest BCUT2D eigenvalue weighted by atomic mass is 10.3. The van der Waals surface area contributed by atoms with Crippen molar-refractivity contribution in [2.75, 3.05) is 5.75 Å². The number of hydrogen-bond acceptors (Lipinski definition) is 4. The Hall–Kier alpha value is -1.09. The number of aryl methyl sites for hydroxylation is 1. The number of nitrogens with one attached hydrogen (secondary N) is 1. The predicted octanol–water partition coefficient (Wildman–Crippen LogP) is 1.09. The number of nitrogens with zero attached hydrogens (tertiary/aromatic N) is 1. The van der Waals surface area contributed by atoms with Crippen LogP contribution in [0.3, 0.4) is 0 Å². The van der Waals surface area contributed by atoms with E-state index in [-0.39, 0.29) is 18.6 Å². The van der Waals surface area contributed by atoms with Gasteiger partial charge in [0.25, 0.3) is 0 Å². The average Bonchev–Trinajstić information content (AvgIpc) is 2.81. The summed E-state index contributed by atoms with van der Waals surface area (Å²) in [5.41, 5.74) is 0.587. The Balaban J connectivity index is 1.82. The van der Waals surface area contributed by atoms with Crippen LogP contribution in [-0.4, -0.2) is 31.5 Å². The van der Waals surface area contributed by atoms with Crippen LogP contribution in [-0.2, 0) is 16.4 Å². The van der Waals surface area contributed by atoms with Gasteiger partial charge < -0.3 is 4.52 Å². The molecule has 2 rings (SSSR count). The Morgan fingerprint density at radius 3 is 2.72 bits per heavy atom. The summed E-state index contributed by atoms with van der Waals surface area (Å²) in [6.07, 6.45) is -1.70. The smallest absolute Gasteiger partial charge is 0.364 e. The minimum atomic E-state index is -4.33. The molecular formula is C9H11F3N2O3S. The highest BCUT2D eigenvalue weighted by Gasteiger charge is 2.56. The number of alkyl halides is 3. The Morgan fingerprint density at radius 1 is 1.50 bits per heavy atom. The molecule has 1 fully saturated rings. The first kappa shape index (κ1) is 13.3. The Bertz CT molecular complexity index is 498. The van der Waals surface area contributed by atoms with E-state index in [4.69, 9.17) is 0 Å². The number of rotatable bonds is 5. The molecule has 1 heterocycles. The van der Waals surface area contributed by atoms with Gasteiger partial charge in [-0.2, -0.15) is 13.2 Å². The largest absolute Gasteiger partial charge is 0.393 e. The third kappa shape index (κ3) is 3.45. The van der Waals surface area contributed by atoms with E-state index in [2.05, 4.69) is 14.4 Å². The predicted molar refractivity (Wildman–Crippen MR) is 55.1 cm³/mol. The van der Waals surface area contributed by atoms with Gasteiger partial charge in [0, 0.05) is 11.6 Å². The van der Waals surface area contributed by atoms with E-state index in [1.165, 1.54) is 12.5 Å². The molecule has 2 atom stereocenters. The molecule has 1 aliphatic carbocycles. The van der Waals surface area contributed by atoms with E-state index in [0.29, 0.717) is 5.56 Å². The second-order valence-corrected chi connectivity index (χ2v) is 6.08. The first-order valence-electron chi connectivity index (χ1n) is 5.23. The van der Waals surface area contributed by atoms with E-state index >= 15 is 0 Å². The average molecular weight is 284 g/mol. The maximum absolute atomic E-state index is 12.2. The Labute approximate surface area is 101 Å². The van der Waals surface area contributed by atoms with Crippen molar-refractivity contribution < 1.29 is 26.1 Å². The van der Waals surface area contributed by atoms with Crippen LogP contribution in [0.25, 0.3) is 0 Å². The van der Waals surface area contributed by atoms with Crippen molar-refractivity contribution in [2.24, 2.45) is 5.92 Å². The molecule has 0 bridgehead atoms. The van der Waals surface area contributed by atoms with Gasteiger partial charge in [-0.15, -0.1) is 0 Å². The van der Waals surface area contributed by atoms with Gasteiger partial charge in [-0.1, -0.05) is 5.16 Å². The number of sulfonamides is 1. The van der Waals surface area contributed by atoms with Crippen LogP contribution in [0.5, 0.6) is 0 Å². The molecule has 0 aromatic carbocycles. The van der Waals surface area contributed by atoms with Crippen LogP contribution in [0.1, 0.15) is 12.0 Å². The zero-order chi connectivity index (χ0) is 13.4. The molecule has 1 aliphatic rings. The lowest BCUT2D eigenvalue weighted by Gasteiger charge is -2.07. The van der Waals surface area contributed by atoms with Gasteiger partial charge in [-0.3, -0.25) is 0 Å². The van der Waals surface area contributed by atoms with Crippen molar-refractivity contribution in [2.45, 2.75) is 25.1 Å². The summed E-state index contributed by atoms with van der Waals surface area (Å²) in [5, 5.41) is 3.40. The summed E-state index contributed by atoms with van der Waals surface area (Å²) in [4.78, 5) is 0. The summed E-state index contributed by atoms with van der Waals surface area (Å²) in [6, 6.07) is -1.02. The Morgan fingerprint density at radius 2 is 2.22 bits per heavy atom. The third-order valence-corrected chi connectivity index (χ3v) is 4.09. The van der Waals surface area contributed by atoms with Crippen LogP contribution in [0.4, 0.5) is 13.2 Å². The summed E-state index contributed by atoms with van der Waals surface area (Å²) in [5.74, 6) is -1.84. The molecule has 1 aromatic heterocycles. The van der Waals surface area contributed by atoms with Gasteiger partial charge in [-0.05, 0) is 12.8 Å².